The van der Waals surface area contributed by atoms with Crippen molar-refractivity contribution in [1.29, 1.82) is 0 Å². The molecule has 1 aromatic heterocycles. The van der Waals surface area contributed by atoms with E-state index in [0.29, 0.717) is 11.6 Å². The summed E-state index contributed by atoms with van der Waals surface area (Å²) < 4.78 is 0. The fourth-order valence-corrected chi connectivity index (χ4v) is 2.33. The molecule has 6 nitrogen and oxygen atoms in total. The SMILES string of the molecule is CN1CCC(CCNc2cc(N)nc(N)n2)CC1. The number of nitrogens with zero attached hydrogens (tertiary/aromatic N) is 3. The quantitative estimate of drug-likeness (QED) is 0.731. The molecule has 18 heavy (non-hydrogen) atoms. The summed E-state index contributed by atoms with van der Waals surface area (Å²) in [6, 6.07) is 1.71. The molecule has 0 bridgehead atoms. The summed E-state index contributed by atoms with van der Waals surface area (Å²) in [7, 11) is 2.18. The summed E-state index contributed by atoms with van der Waals surface area (Å²) in [5.74, 6) is 2.15. The Morgan fingerprint density at radius 1 is 1.33 bits per heavy atom. The van der Waals surface area contributed by atoms with E-state index in [0.717, 1.165) is 18.9 Å². The van der Waals surface area contributed by atoms with Crippen LogP contribution in [-0.2, 0) is 0 Å². The van der Waals surface area contributed by atoms with E-state index in [1.54, 1.807) is 6.07 Å². The third kappa shape index (κ3) is 3.73. The molecule has 0 saturated carbocycles. The Morgan fingerprint density at radius 2 is 2.06 bits per heavy atom. The summed E-state index contributed by atoms with van der Waals surface area (Å²) in [5.41, 5.74) is 11.2. The normalized spacial score (nSPS) is 17.8. The van der Waals surface area contributed by atoms with E-state index in [4.69, 9.17) is 11.5 Å². The van der Waals surface area contributed by atoms with Crippen molar-refractivity contribution in [2.45, 2.75) is 19.3 Å². The third-order valence-electron chi connectivity index (χ3n) is 3.46. The minimum Gasteiger partial charge on any atom is -0.383 e. The Bertz CT molecular complexity index is 366. The number of aromatic nitrogens is 2. The Balaban J connectivity index is 1.74. The van der Waals surface area contributed by atoms with E-state index in [1.165, 1.54) is 25.9 Å². The van der Waals surface area contributed by atoms with Crippen LogP contribution in [0.2, 0.25) is 0 Å². The van der Waals surface area contributed by atoms with E-state index in [2.05, 4.69) is 27.2 Å². The Kier molecular flexibility index (Phi) is 4.19. The Hall–Kier alpha value is -1.56. The van der Waals surface area contributed by atoms with E-state index in [9.17, 15) is 0 Å². The second-order valence-electron chi connectivity index (χ2n) is 5.00. The van der Waals surface area contributed by atoms with Crippen LogP contribution in [0.3, 0.4) is 0 Å². The zero-order chi connectivity index (χ0) is 13.0. The third-order valence-corrected chi connectivity index (χ3v) is 3.46. The molecule has 1 aliphatic rings. The van der Waals surface area contributed by atoms with Gasteiger partial charge in [0.15, 0.2) is 0 Å². The van der Waals surface area contributed by atoms with Crippen LogP contribution in [0.15, 0.2) is 6.07 Å². The van der Waals surface area contributed by atoms with E-state index >= 15 is 0 Å². The average molecular weight is 250 g/mol. The van der Waals surface area contributed by atoms with Crippen LogP contribution in [0.5, 0.6) is 0 Å². The first-order valence-corrected chi connectivity index (χ1v) is 6.46. The van der Waals surface area contributed by atoms with Crippen LogP contribution in [0.25, 0.3) is 0 Å². The van der Waals surface area contributed by atoms with Crippen molar-refractivity contribution in [3.05, 3.63) is 6.07 Å². The molecule has 0 aliphatic carbocycles. The molecule has 0 radical (unpaired) electrons. The van der Waals surface area contributed by atoms with Gasteiger partial charge < -0.3 is 21.7 Å². The Labute approximate surface area is 108 Å². The van der Waals surface area contributed by atoms with Crippen LogP contribution < -0.4 is 16.8 Å². The summed E-state index contributed by atoms with van der Waals surface area (Å²) in [6.07, 6.45) is 3.73. The topological polar surface area (TPSA) is 93.1 Å². The minimum absolute atomic E-state index is 0.219. The zero-order valence-electron chi connectivity index (χ0n) is 10.9. The summed E-state index contributed by atoms with van der Waals surface area (Å²) in [4.78, 5) is 10.3. The van der Waals surface area contributed by atoms with Gasteiger partial charge in [0.1, 0.15) is 11.6 Å². The first kappa shape index (κ1) is 12.9. The standard InChI is InChI=1S/C12H22N6/c1-18-6-3-9(4-7-18)2-5-15-11-8-10(13)16-12(14)17-11/h8-9H,2-7H2,1H3,(H5,13,14,15,16,17). The molecule has 1 aliphatic heterocycles. The van der Waals surface area contributed by atoms with Crippen molar-refractivity contribution in [1.82, 2.24) is 14.9 Å². The first-order valence-electron chi connectivity index (χ1n) is 6.46. The van der Waals surface area contributed by atoms with Gasteiger partial charge >= 0.3 is 0 Å². The predicted octanol–water partition coefficient (Wildman–Crippen LogP) is 0.785. The molecule has 0 aromatic carbocycles. The molecule has 6 heteroatoms. The highest BCUT2D eigenvalue weighted by Gasteiger charge is 2.15. The number of hydrogen-bond acceptors (Lipinski definition) is 6. The van der Waals surface area contributed by atoms with Gasteiger partial charge in [-0.2, -0.15) is 9.97 Å². The predicted molar refractivity (Wildman–Crippen MR) is 74.2 cm³/mol. The van der Waals surface area contributed by atoms with Crippen LogP contribution in [-0.4, -0.2) is 41.5 Å². The lowest BCUT2D eigenvalue weighted by molar-refractivity contribution is 0.215. The maximum atomic E-state index is 5.61. The second-order valence-corrected chi connectivity index (χ2v) is 5.00. The van der Waals surface area contributed by atoms with E-state index < -0.39 is 0 Å². The van der Waals surface area contributed by atoms with Gasteiger partial charge in [0.2, 0.25) is 5.95 Å². The molecule has 1 saturated heterocycles. The summed E-state index contributed by atoms with van der Waals surface area (Å²) >= 11 is 0. The fraction of sp³-hybridized carbons (Fsp3) is 0.667. The molecule has 0 unspecified atom stereocenters. The van der Waals surface area contributed by atoms with Crippen LogP contribution in [0, 0.1) is 5.92 Å². The van der Waals surface area contributed by atoms with Crippen molar-refractivity contribution in [3.8, 4) is 0 Å². The minimum atomic E-state index is 0.219. The highest BCUT2D eigenvalue weighted by atomic mass is 15.1. The van der Waals surface area contributed by atoms with Crippen molar-refractivity contribution in [2.75, 3.05) is 43.5 Å². The zero-order valence-corrected chi connectivity index (χ0v) is 10.9. The fourth-order valence-electron chi connectivity index (χ4n) is 2.33. The second kappa shape index (κ2) is 5.86. The number of anilines is 3. The van der Waals surface area contributed by atoms with Crippen molar-refractivity contribution >= 4 is 17.6 Å². The molecule has 1 aromatic rings. The van der Waals surface area contributed by atoms with E-state index in [-0.39, 0.29) is 5.95 Å². The molecule has 2 rings (SSSR count). The summed E-state index contributed by atoms with van der Waals surface area (Å²) in [6.45, 7) is 3.32. The largest absolute Gasteiger partial charge is 0.383 e. The number of nitrogen functional groups attached to an aromatic ring is 2. The number of nitrogens with two attached hydrogens (primary N) is 2. The van der Waals surface area contributed by atoms with E-state index in [1.807, 2.05) is 0 Å². The van der Waals surface area contributed by atoms with Gasteiger partial charge in [-0.1, -0.05) is 0 Å². The lowest BCUT2D eigenvalue weighted by Gasteiger charge is -2.28. The van der Waals surface area contributed by atoms with Crippen LogP contribution in [0.1, 0.15) is 19.3 Å². The summed E-state index contributed by atoms with van der Waals surface area (Å²) in [5, 5.41) is 3.26. The number of hydrogen-bond donors (Lipinski definition) is 3. The van der Waals surface area contributed by atoms with Gasteiger partial charge in [-0.05, 0) is 45.3 Å². The highest BCUT2D eigenvalue weighted by molar-refractivity contribution is 5.48. The van der Waals surface area contributed by atoms with Crippen molar-refractivity contribution < 1.29 is 0 Å². The molecule has 0 atom stereocenters. The number of rotatable bonds is 4. The Morgan fingerprint density at radius 3 is 2.72 bits per heavy atom. The van der Waals surface area contributed by atoms with Gasteiger partial charge in [0.05, 0.1) is 0 Å². The van der Waals surface area contributed by atoms with Gasteiger partial charge in [-0.15, -0.1) is 0 Å². The molecular weight excluding hydrogens is 228 g/mol. The molecule has 1 fully saturated rings. The highest BCUT2D eigenvalue weighted by Crippen LogP contribution is 2.19. The first-order chi connectivity index (χ1) is 8.63. The maximum Gasteiger partial charge on any atom is 0.223 e. The number of likely N-dealkylation sites (tertiary alicyclic amines) is 1. The molecule has 5 N–H and O–H groups in total. The maximum absolute atomic E-state index is 5.61. The molecule has 0 spiro atoms. The molecule has 100 valence electrons. The molecule has 0 amide bonds. The number of nitrogens with one attached hydrogen (secondary N) is 1. The lowest BCUT2D eigenvalue weighted by atomic mass is 9.94. The number of piperidine rings is 1. The monoisotopic (exact) mass is 250 g/mol. The van der Waals surface area contributed by atoms with Gasteiger partial charge in [-0.3, -0.25) is 0 Å². The average Bonchev–Trinajstić information content (AvgIpc) is 2.30. The smallest absolute Gasteiger partial charge is 0.223 e. The molecular formula is C12H22N6. The van der Waals surface area contributed by atoms with Gasteiger partial charge in [0, 0.05) is 12.6 Å². The molecule has 2 heterocycles. The van der Waals surface area contributed by atoms with Gasteiger partial charge in [-0.25, -0.2) is 0 Å². The van der Waals surface area contributed by atoms with Crippen LogP contribution >= 0.6 is 0 Å². The lowest BCUT2D eigenvalue weighted by Crippen LogP contribution is -2.30. The van der Waals surface area contributed by atoms with Crippen molar-refractivity contribution in [3.63, 3.8) is 0 Å². The van der Waals surface area contributed by atoms with Crippen LogP contribution in [0.4, 0.5) is 17.6 Å². The van der Waals surface area contributed by atoms with Gasteiger partial charge in [0.25, 0.3) is 0 Å². The van der Waals surface area contributed by atoms with Crippen molar-refractivity contribution in [2.24, 2.45) is 5.92 Å².